The van der Waals surface area contributed by atoms with Gasteiger partial charge in [0.2, 0.25) is 6.29 Å². The van der Waals surface area contributed by atoms with Crippen LogP contribution in [0.3, 0.4) is 0 Å². The second kappa shape index (κ2) is 3.54. The van der Waals surface area contributed by atoms with E-state index in [9.17, 15) is 4.79 Å². The molecule has 0 amide bonds. The Kier molecular flexibility index (Phi) is 2.66. The van der Waals surface area contributed by atoms with Gasteiger partial charge in [0.1, 0.15) is 0 Å². The first-order valence-electron chi connectivity index (χ1n) is 2.62. The summed E-state index contributed by atoms with van der Waals surface area (Å²) in [5.74, 6) is 0. The van der Waals surface area contributed by atoms with E-state index in [0.717, 1.165) is 9.21 Å². The Morgan fingerprint density at radius 3 is 2.90 bits per heavy atom. The molecule has 0 N–H and O–H groups in total. The molecule has 0 saturated carbocycles. The number of rotatable bonds is 2. The summed E-state index contributed by atoms with van der Waals surface area (Å²) >= 11 is 7.05. The summed E-state index contributed by atoms with van der Waals surface area (Å²) in [6.07, 6.45) is 4.65. The van der Waals surface area contributed by atoms with E-state index in [1.807, 2.05) is 6.07 Å². The Balaban J connectivity index is 2.75. The Labute approximate surface area is 67.9 Å². The summed E-state index contributed by atoms with van der Waals surface area (Å²) in [5.41, 5.74) is 0. The van der Waals surface area contributed by atoms with Crippen molar-refractivity contribution in [3.63, 3.8) is 0 Å². The molecule has 1 aromatic heterocycles. The standard InChI is InChI=1S/C7H4ClOS/c8-7-4-3-6(10-7)2-1-5-9/h1-4H. The van der Waals surface area contributed by atoms with Crippen molar-refractivity contribution in [1.82, 2.24) is 0 Å². The van der Waals surface area contributed by atoms with E-state index in [1.165, 1.54) is 17.4 Å². The zero-order valence-corrected chi connectivity index (χ0v) is 6.58. The molecule has 0 saturated heterocycles. The van der Waals surface area contributed by atoms with Crippen LogP contribution >= 0.6 is 22.9 Å². The van der Waals surface area contributed by atoms with Crippen LogP contribution in [0.4, 0.5) is 0 Å². The van der Waals surface area contributed by atoms with Gasteiger partial charge < -0.3 is 0 Å². The average Bonchev–Trinajstić information content (AvgIpc) is 2.31. The van der Waals surface area contributed by atoms with Gasteiger partial charge in [-0.15, -0.1) is 11.3 Å². The van der Waals surface area contributed by atoms with E-state index in [-0.39, 0.29) is 0 Å². The van der Waals surface area contributed by atoms with Gasteiger partial charge in [0, 0.05) is 4.88 Å². The highest BCUT2D eigenvalue weighted by molar-refractivity contribution is 7.17. The van der Waals surface area contributed by atoms with Gasteiger partial charge in [-0.25, -0.2) is 0 Å². The topological polar surface area (TPSA) is 17.1 Å². The third-order valence-electron chi connectivity index (χ3n) is 0.910. The molecule has 1 heterocycles. The molecule has 0 aliphatic carbocycles. The molecule has 0 aliphatic heterocycles. The zero-order chi connectivity index (χ0) is 7.40. The van der Waals surface area contributed by atoms with Crippen molar-refractivity contribution in [2.45, 2.75) is 0 Å². The van der Waals surface area contributed by atoms with Crippen molar-refractivity contribution < 1.29 is 4.79 Å². The van der Waals surface area contributed by atoms with E-state index < -0.39 is 0 Å². The highest BCUT2D eigenvalue weighted by atomic mass is 35.5. The van der Waals surface area contributed by atoms with E-state index in [1.54, 1.807) is 18.4 Å². The quantitative estimate of drug-likeness (QED) is 0.625. The van der Waals surface area contributed by atoms with Crippen molar-refractivity contribution in [2.24, 2.45) is 0 Å². The van der Waals surface area contributed by atoms with Crippen LogP contribution in [0.1, 0.15) is 4.88 Å². The van der Waals surface area contributed by atoms with Crippen molar-refractivity contribution in [3.05, 3.63) is 27.4 Å². The number of allylic oxidation sites excluding steroid dienone is 1. The van der Waals surface area contributed by atoms with Gasteiger partial charge >= 0.3 is 0 Å². The van der Waals surface area contributed by atoms with Crippen LogP contribution < -0.4 is 0 Å². The fourth-order valence-electron chi connectivity index (χ4n) is 0.534. The lowest BCUT2D eigenvalue weighted by Gasteiger charge is -1.75. The predicted octanol–water partition coefficient (Wildman–Crippen LogP) is 2.52. The minimum atomic E-state index is 0.727. The fourth-order valence-corrected chi connectivity index (χ4v) is 1.50. The lowest BCUT2D eigenvalue weighted by Crippen LogP contribution is -1.57. The van der Waals surface area contributed by atoms with Crippen molar-refractivity contribution >= 4 is 35.3 Å². The van der Waals surface area contributed by atoms with Crippen LogP contribution in [0.15, 0.2) is 18.2 Å². The lowest BCUT2D eigenvalue weighted by atomic mass is 10.4. The molecule has 10 heavy (non-hydrogen) atoms. The Bertz CT molecular complexity index is 252. The highest BCUT2D eigenvalue weighted by Crippen LogP contribution is 2.21. The van der Waals surface area contributed by atoms with Gasteiger partial charge in [0.15, 0.2) is 0 Å². The van der Waals surface area contributed by atoms with Gasteiger partial charge in [0.05, 0.1) is 4.34 Å². The number of halogens is 1. The summed E-state index contributed by atoms with van der Waals surface area (Å²) in [6, 6.07) is 3.64. The minimum absolute atomic E-state index is 0.727. The van der Waals surface area contributed by atoms with Crippen LogP contribution in [-0.4, -0.2) is 6.29 Å². The number of carbonyl (C=O) groups excluding carboxylic acids is 1. The molecule has 0 unspecified atom stereocenters. The maximum absolute atomic E-state index is 9.74. The molecule has 0 fully saturated rings. The van der Waals surface area contributed by atoms with Gasteiger partial charge in [-0.2, -0.15) is 0 Å². The van der Waals surface area contributed by atoms with Crippen LogP contribution in [-0.2, 0) is 4.79 Å². The summed E-state index contributed by atoms with van der Waals surface area (Å²) in [6.45, 7) is 0. The van der Waals surface area contributed by atoms with Gasteiger partial charge in [-0.05, 0) is 24.3 Å². The minimum Gasteiger partial charge on any atom is -0.286 e. The maximum Gasteiger partial charge on any atom is 0.225 e. The van der Waals surface area contributed by atoms with Crippen molar-refractivity contribution in [2.75, 3.05) is 0 Å². The molecule has 0 aliphatic rings. The summed E-state index contributed by atoms with van der Waals surface area (Å²) in [5, 5.41) is 0. The molecule has 0 atom stereocenters. The van der Waals surface area contributed by atoms with Gasteiger partial charge in [-0.3, -0.25) is 4.79 Å². The molecule has 3 heteroatoms. The normalized spacial score (nSPS) is 10.5. The third kappa shape index (κ3) is 1.97. The third-order valence-corrected chi connectivity index (χ3v) is 2.11. The van der Waals surface area contributed by atoms with Gasteiger partial charge in [-0.1, -0.05) is 11.6 Å². The second-order valence-electron chi connectivity index (χ2n) is 1.59. The van der Waals surface area contributed by atoms with E-state index >= 15 is 0 Å². The first-order valence-corrected chi connectivity index (χ1v) is 3.82. The SMILES string of the molecule is O=[C]C=Cc1ccc(Cl)s1. The molecule has 1 nitrogen and oxygen atoms in total. The Morgan fingerprint density at radius 1 is 1.60 bits per heavy atom. The Morgan fingerprint density at radius 2 is 2.40 bits per heavy atom. The van der Waals surface area contributed by atoms with Crippen LogP contribution in [0, 0.1) is 0 Å². The molecule has 0 aromatic carbocycles. The van der Waals surface area contributed by atoms with E-state index in [2.05, 4.69) is 0 Å². The zero-order valence-electron chi connectivity index (χ0n) is 5.00. The maximum atomic E-state index is 9.74. The smallest absolute Gasteiger partial charge is 0.225 e. The summed E-state index contributed by atoms with van der Waals surface area (Å²) < 4.78 is 0.727. The predicted molar refractivity (Wildman–Crippen MR) is 44.1 cm³/mol. The van der Waals surface area contributed by atoms with Crippen molar-refractivity contribution in [1.29, 1.82) is 0 Å². The van der Waals surface area contributed by atoms with Crippen LogP contribution in [0.2, 0.25) is 4.34 Å². The number of thiophene rings is 1. The van der Waals surface area contributed by atoms with E-state index in [4.69, 9.17) is 11.6 Å². The molecule has 1 rings (SSSR count). The van der Waals surface area contributed by atoms with Gasteiger partial charge in [0.25, 0.3) is 0 Å². The molecule has 51 valence electrons. The highest BCUT2D eigenvalue weighted by Gasteiger charge is 1.90. The molecular weight excluding hydrogens is 168 g/mol. The van der Waals surface area contributed by atoms with Crippen LogP contribution in [0.5, 0.6) is 0 Å². The molecular formula is C7H4ClOS. The fraction of sp³-hybridized carbons (Fsp3) is 0. The number of hydrogen-bond acceptors (Lipinski definition) is 2. The monoisotopic (exact) mass is 171 g/mol. The molecule has 1 aromatic rings. The van der Waals surface area contributed by atoms with E-state index in [0.29, 0.717) is 0 Å². The molecule has 0 spiro atoms. The first kappa shape index (κ1) is 7.51. The lowest BCUT2D eigenvalue weighted by molar-refractivity contribution is 0.564. The van der Waals surface area contributed by atoms with Crippen LogP contribution in [0.25, 0.3) is 6.08 Å². The first-order chi connectivity index (χ1) is 4.83. The molecule has 1 radical (unpaired) electrons. The van der Waals surface area contributed by atoms with Crippen molar-refractivity contribution in [3.8, 4) is 0 Å². The average molecular weight is 172 g/mol. The Hall–Kier alpha value is -0.600. The molecule has 0 bridgehead atoms. The second-order valence-corrected chi connectivity index (χ2v) is 3.34. The summed E-state index contributed by atoms with van der Waals surface area (Å²) in [4.78, 5) is 10.7. The largest absolute Gasteiger partial charge is 0.286 e. The number of hydrogen-bond donors (Lipinski definition) is 0. The summed E-state index contributed by atoms with van der Waals surface area (Å²) in [7, 11) is 0.